The Morgan fingerprint density at radius 3 is 2.68 bits per heavy atom. The van der Waals surface area contributed by atoms with Crippen LogP contribution in [0.3, 0.4) is 0 Å². The maximum absolute atomic E-state index is 13.9. The van der Waals surface area contributed by atoms with E-state index >= 15 is 0 Å². The van der Waals surface area contributed by atoms with Crippen molar-refractivity contribution in [3.63, 3.8) is 0 Å². The van der Waals surface area contributed by atoms with Gasteiger partial charge in [-0.05, 0) is 37.6 Å². The van der Waals surface area contributed by atoms with Gasteiger partial charge in [-0.1, -0.05) is 37.6 Å². The van der Waals surface area contributed by atoms with Gasteiger partial charge in [0.25, 0.3) is 0 Å². The summed E-state index contributed by atoms with van der Waals surface area (Å²) in [7, 11) is 2.01. The molecular formula is C15H21ClFNO. The van der Waals surface area contributed by atoms with Crippen LogP contribution < -0.4 is 0 Å². The molecule has 0 aliphatic rings. The van der Waals surface area contributed by atoms with Crippen LogP contribution >= 0.6 is 11.6 Å². The molecule has 0 amide bonds. The van der Waals surface area contributed by atoms with Gasteiger partial charge in [0.1, 0.15) is 12.1 Å². The van der Waals surface area contributed by atoms with E-state index in [0.717, 1.165) is 19.4 Å². The fourth-order valence-electron chi connectivity index (χ4n) is 2.18. The van der Waals surface area contributed by atoms with Crippen molar-refractivity contribution < 1.29 is 9.18 Å². The monoisotopic (exact) mass is 285 g/mol. The van der Waals surface area contributed by atoms with Crippen LogP contribution in [-0.4, -0.2) is 31.3 Å². The average molecular weight is 286 g/mol. The SMILES string of the molecule is CC(C)CN(C)CCC(C=O)c1cccc(Cl)c1F. The Morgan fingerprint density at radius 2 is 2.11 bits per heavy atom. The predicted molar refractivity (Wildman–Crippen MR) is 77.2 cm³/mol. The molecular weight excluding hydrogens is 265 g/mol. The number of halogens is 2. The largest absolute Gasteiger partial charge is 0.306 e. The Hall–Kier alpha value is -0.930. The minimum Gasteiger partial charge on any atom is -0.306 e. The van der Waals surface area contributed by atoms with Crippen molar-refractivity contribution in [2.75, 3.05) is 20.1 Å². The van der Waals surface area contributed by atoms with Crippen LogP contribution in [0.25, 0.3) is 0 Å². The first-order valence-electron chi connectivity index (χ1n) is 6.53. The van der Waals surface area contributed by atoms with Gasteiger partial charge in [-0.15, -0.1) is 0 Å². The Bertz CT molecular complexity index is 423. The molecule has 1 unspecified atom stereocenters. The van der Waals surface area contributed by atoms with Crippen LogP contribution in [-0.2, 0) is 4.79 Å². The molecule has 0 aliphatic heterocycles. The number of benzene rings is 1. The van der Waals surface area contributed by atoms with E-state index in [4.69, 9.17) is 11.6 Å². The second-order valence-electron chi connectivity index (χ2n) is 5.33. The summed E-state index contributed by atoms with van der Waals surface area (Å²) in [6, 6.07) is 4.80. The van der Waals surface area contributed by atoms with Gasteiger partial charge in [-0.2, -0.15) is 0 Å². The van der Waals surface area contributed by atoms with E-state index in [1.54, 1.807) is 12.1 Å². The van der Waals surface area contributed by atoms with Crippen LogP contribution in [0.4, 0.5) is 4.39 Å². The van der Waals surface area contributed by atoms with E-state index in [9.17, 15) is 9.18 Å². The molecule has 0 aliphatic carbocycles. The Morgan fingerprint density at radius 1 is 1.42 bits per heavy atom. The third kappa shape index (κ3) is 4.92. The molecule has 4 heteroatoms. The van der Waals surface area contributed by atoms with E-state index < -0.39 is 11.7 Å². The topological polar surface area (TPSA) is 20.3 Å². The van der Waals surface area contributed by atoms with Crippen molar-refractivity contribution in [2.24, 2.45) is 5.92 Å². The quantitative estimate of drug-likeness (QED) is 0.711. The lowest BCUT2D eigenvalue weighted by molar-refractivity contribution is -0.109. The lowest BCUT2D eigenvalue weighted by Gasteiger charge is -2.21. The first-order chi connectivity index (χ1) is 8.95. The van der Waals surface area contributed by atoms with Crippen molar-refractivity contribution in [1.82, 2.24) is 4.90 Å². The highest BCUT2D eigenvalue weighted by Crippen LogP contribution is 2.25. The van der Waals surface area contributed by atoms with Crippen molar-refractivity contribution in [1.29, 1.82) is 0 Å². The molecule has 2 nitrogen and oxygen atoms in total. The van der Waals surface area contributed by atoms with Crippen LogP contribution in [0.1, 0.15) is 31.7 Å². The molecule has 1 atom stereocenters. The Kier molecular flexibility index (Phi) is 6.46. The molecule has 0 saturated carbocycles. The zero-order valence-corrected chi connectivity index (χ0v) is 12.5. The molecule has 0 N–H and O–H groups in total. The lowest BCUT2D eigenvalue weighted by Crippen LogP contribution is -2.26. The second-order valence-corrected chi connectivity index (χ2v) is 5.74. The number of carbonyl (C=O) groups excluding carboxylic acids is 1. The molecule has 1 aromatic carbocycles. The highest BCUT2D eigenvalue weighted by atomic mass is 35.5. The summed E-state index contributed by atoms with van der Waals surface area (Å²) in [6.07, 6.45) is 1.40. The van der Waals surface area contributed by atoms with Crippen LogP contribution in [0, 0.1) is 11.7 Å². The summed E-state index contributed by atoms with van der Waals surface area (Å²) >= 11 is 5.75. The van der Waals surface area contributed by atoms with E-state index in [1.165, 1.54) is 6.07 Å². The zero-order valence-electron chi connectivity index (χ0n) is 11.7. The van der Waals surface area contributed by atoms with Gasteiger partial charge in [-0.25, -0.2) is 4.39 Å². The fourth-order valence-corrected chi connectivity index (χ4v) is 2.36. The van der Waals surface area contributed by atoms with E-state index in [0.29, 0.717) is 17.9 Å². The minimum atomic E-state index is -0.479. The molecule has 106 valence electrons. The van der Waals surface area contributed by atoms with Gasteiger partial charge in [0.2, 0.25) is 0 Å². The molecule has 1 rings (SSSR count). The van der Waals surface area contributed by atoms with Crippen molar-refractivity contribution in [3.05, 3.63) is 34.6 Å². The maximum atomic E-state index is 13.9. The number of carbonyl (C=O) groups is 1. The van der Waals surface area contributed by atoms with E-state index in [1.807, 2.05) is 7.05 Å². The maximum Gasteiger partial charge on any atom is 0.145 e. The summed E-state index contributed by atoms with van der Waals surface area (Å²) in [5, 5.41) is 0.0693. The molecule has 0 aromatic heterocycles. The molecule has 1 aromatic rings. The Balaban J connectivity index is 2.68. The highest BCUT2D eigenvalue weighted by molar-refractivity contribution is 6.30. The summed E-state index contributed by atoms with van der Waals surface area (Å²) in [4.78, 5) is 13.3. The number of hydrogen-bond donors (Lipinski definition) is 0. The second kappa shape index (κ2) is 7.61. The highest BCUT2D eigenvalue weighted by Gasteiger charge is 2.17. The predicted octanol–water partition coefficient (Wildman–Crippen LogP) is 3.74. The summed E-state index contributed by atoms with van der Waals surface area (Å²) in [6.45, 7) is 6.01. The number of aldehydes is 1. The standard InChI is InChI=1S/C15H21ClFNO/c1-11(2)9-18(3)8-7-12(10-19)13-5-4-6-14(16)15(13)17/h4-6,10-12H,7-9H2,1-3H3. The van der Waals surface area contributed by atoms with E-state index in [2.05, 4.69) is 18.7 Å². The number of hydrogen-bond acceptors (Lipinski definition) is 2. The number of nitrogens with zero attached hydrogens (tertiary/aromatic N) is 1. The first kappa shape index (κ1) is 16.1. The van der Waals surface area contributed by atoms with Crippen molar-refractivity contribution in [3.8, 4) is 0 Å². The van der Waals surface area contributed by atoms with Gasteiger partial charge in [0, 0.05) is 12.5 Å². The van der Waals surface area contributed by atoms with Crippen LogP contribution in [0.5, 0.6) is 0 Å². The molecule has 0 saturated heterocycles. The first-order valence-corrected chi connectivity index (χ1v) is 6.91. The van der Waals surface area contributed by atoms with Crippen molar-refractivity contribution >= 4 is 17.9 Å². The van der Waals surface area contributed by atoms with Gasteiger partial charge in [-0.3, -0.25) is 0 Å². The smallest absolute Gasteiger partial charge is 0.145 e. The molecule has 0 bridgehead atoms. The van der Waals surface area contributed by atoms with Gasteiger partial charge in [0.05, 0.1) is 5.02 Å². The Labute approximate surface area is 119 Å². The molecule has 0 radical (unpaired) electrons. The molecule has 0 heterocycles. The van der Waals surface area contributed by atoms with Crippen LogP contribution in [0.15, 0.2) is 18.2 Å². The molecule has 0 spiro atoms. The summed E-state index contributed by atoms with van der Waals surface area (Å²) in [5.74, 6) is -0.344. The van der Waals surface area contributed by atoms with Crippen LogP contribution in [0.2, 0.25) is 5.02 Å². The van der Waals surface area contributed by atoms with Gasteiger partial charge in [0.15, 0.2) is 0 Å². The lowest BCUT2D eigenvalue weighted by atomic mass is 9.96. The summed E-state index contributed by atoms with van der Waals surface area (Å²) in [5.41, 5.74) is 0.389. The third-order valence-corrected chi connectivity index (χ3v) is 3.34. The van der Waals surface area contributed by atoms with Crippen molar-refractivity contribution in [2.45, 2.75) is 26.2 Å². The van der Waals surface area contributed by atoms with E-state index in [-0.39, 0.29) is 5.02 Å². The van der Waals surface area contributed by atoms with Gasteiger partial charge >= 0.3 is 0 Å². The average Bonchev–Trinajstić information content (AvgIpc) is 2.34. The van der Waals surface area contributed by atoms with Gasteiger partial charge < -0.3 is 9.69 Å². The normalized spacial score (nSPS) is 13.0. The fraction of sp³-hybridized carbons (Fsp3) is 0.533. The zero-order chi connectivity index (χ0) is 14.4. The third-order valence-electron chi connectivity index (χ3n) is 3.04. The molecule has 0 fully saturated rings. The summed E-state index contributed by atoms with van der Waals surface area (Å²) < 4.78 is 13.9. The number of rotatable bonds is 7. The molecule has 19 heavy (non-hydrogen) atoms. The minimum absolute atomic E-state index is 0.0693.